The van der Waals surface area contributed by atoms with Gasteiger partial charge in [0.1, 0.15) is 23.7 Å². The van der Waals surface area contributed by atoms with E-state index in [4.69, 9.17) is 15.2 Å². The first-order valence-corrected chi connectivity index (χ1v) is 8.09. The summed E-state index contributed by atoms with van der Waals surface area (Å²) in [5, 5.41) is 0. The van der Waals surface area contributed by atoms with E-state index in [1.54, 1.807) is 13.4 Å². The van der Waals surface area contributed by atoms with Crippen LogP contribution >= 0.6 is 0 Å². The predicted octanol–water partition coefficient (Wildman–Crippen LogP) is 2.11. The molecule has 1 aromatic carbocycles. The second kappa shape index (κ2) is 5.47. The van der Waals surface area contributed by atoms with Crippen molar-refractivity contribution in [3.05, 3.63) is 42.0 Å². The van der Waals surface area contributed by atoms with Crippen LogP contribution in [-0.2, 0) is 17.6 Å². The van der Waals surface area contributed by atoms with Crippen molar-refractivity contribution in [3.8, 4) is 16.9 Å². The Labute approximate surface area is 140 Å². The van der Waals surface area contributed by atoms with Crippen molar-refractivity contribution in [1.82, 2.24) is 9.97 Å². The summed E-state index contributed by atoms with van der Waals surface area (Å²) in [5.74, 6) is 0.887. The highest BCUT2D eigenvalue weighted by Gasteiger charge is 2.46. The molecule has 0 fully saturated rings. The van der Waals surface area contributed by atoms with Crippen LogP contribution < -0.4 is 10.5 Å². The highest BCUT2D eigenvalue weighted by Crippen LogP contribution is 2.44. The molecule has 1 aliphatic carbocycles. The molecule has 2 heterocycles. The summed E-state index contributed by atoms with van der Waals surface area (Å²) >= 11 is 0. The molecule has 2 atom stereocenters. The zero-order valence-corrected chi connectivity index (χ0v) is 13.8. The van der Waals surface area contributed by atoms with Crippen LogP contribution in [-0.4, -0.2) is 34.7 Å². The van der Waals surface area contributed by atoms with E-state index < -0.39 is 0 Å². The summed E-state index contributed by atoms with van der Waals surface area (Å²) in [4.78, 5) is 12.9. The number of ether oxygens (including phenoxy) is 2. The van der Waals surface area contributed by atoms with Gasteiger partial charge in [-0.2, -0.15) is 0 Å². The molecule has 0 amide bonds. The van der Waals surface area contributed by atoms with Gasteiger partial charge in [0.15, 0.2) is 0 Å². The Kier molecular flexibility index (Phi) is 3.40. The fourth-order valence-corrected chi connectivity index (χ4v) is 3.86. The minimum Gasteiger partial charge on any atom is -0.496 e. The highest BCUT2D eigenvalue weighted by atomic mass is 16.5. The lowest BCUT2D eigenvalue weighted by Crippen LogP contribution is -2.41. The molecular weight excluding hydrogens is 304 g/mol. The van der Waals surface area contributed by atoms with Crippen LogP contribution in [0.2, 0.25) is 0 Å². The van der Waals surface area contributed by atoms with E-state index in [-0.39, 0.29) is 17.7 Å². The Bertz CT molecular complexity index is 806. The first-order chi connectivity index (χ1) is 11.6. The van der Waals surface area contributed by atoms with Gasteiger partial charge in [0.2, 0.25) is 0 Å². The predicted molar refractivity (Wildman–Crippen MR) is 90.9 cm³/mol. The number of nitrogens with zero attached hydrogens (tertiary/aromatic N) is 3. The molecule has 0 radical (unpaired) electrons. The van der Waals surface area contributed by atoms with Crippen molar-refractivity contribution < 1.29 is 9.47 Å². The molecular formula is C18H20N4O2. The normalized spacial score (nSPS) is 25.1. The molecule has 2 aliphatic rings. The van der Waals surface area contributed by atoms with Crippen molar-refractivity contribution in [3.63, 3.8) is 0 Å². The van der Waals surface area contributed by atoms with E-state index in [9.17, 15) is 0 Å². The van der Waals surface area contributed by atoms with Gasteiger partial charge in [-0.1, -0.05) is 6.07 Å². The maximum Gasteiger partial charge on any atom is 0.282 e. The van der Waals surface area contributed by atoms with E-state index >= 15 is 0 Å². The summed E-state index contributed by atoms with van der Waals surface area (Å²) in [6.45, 7) is 2.04. The zero-order chi connectivity index (χ0) is 16.7. The third-order valence-electron chi connectivity index (χ3n) is 5.16. The summed E-state index contributed by atoms with van der Waals surface area (Å²) in [5.41, 5.74) is 10.2. The van der Waals surface area contributed by atoms with Crippen molar-refractivity contribution >= 4 is 6.02 Å². The number of hydrogen-bond donors (Lipinski definition) is 1. The van der Waals surface area contributed by atoms with Crippen molar-refractivity contribution in [2.24, 2.45) is 10.7 Å². The number of methoxy groups -OCH3 is 1. The first-order valence-electron chi connectivity index (χ1n) is 8.09. The lowest BCUT2D eigenvalue weighted by atomic mass is 9.73. The Balaban J connectivity index is 1.83. The Morgan fingerprint density at radius 1 is 1.25 bits per heavy atom. The smallest absolute Gasteiger partial charge is 0.282 e. The number of fused-ring (bicyclic) bond motifs is 1. The number of nitrogens with two attached hydrogens (primary N) is 1. The molecule has 2 N–H and O–H groups in total. The van der Waals surface area contributed by atoms with Crippen molar-refractivity contribution in [2.75, 3.05) is 7.11 Å². The molecule has 0 bridgehead atoms. The number of benzene rings is 1. The number of aliphatic imine (C=N–C) groups is 1. The van der Waals surface area contributed by atoms with Crippen LogP contribution in [0.15, 0.2) is 35.8 Å². The summed E-state index contributed by atoms with van der Waals surface area (Å²) in [7, 11) is 1.70. The fraction of sp³-hybridized carbons (Fsp3) is 0.389. The molecule has 2 aromatic rings. The largest absolute Gasteiger partial charge is 0.496 e. The molecule has 1 aliphatic heterocycles. The van der Waals surface area contributed by atoms with Gasteiger partial charge in [-0.15, -0.1) is 0 Å². The van der Waals surface area contributed by atoms with Crippen LogP contribution in [0.1, 0.15) is 24.5 Å². The Morgan fingerprint density at radius 3 is 2.71 bits per heavy atom. The SMILES string of the molecule is COc1ccc(-c2cncnc2)c2c1CC1(CC2)N=C(N)OC1C. The Hall–Kier alpha value is -2.63. The molecule has 1 spiro atoms. The van der Waals surface area contributed by atoms with Crippen LogP contribution in [0.3, 0.4) is 0 Å². The number of hydrogen-bond acceptors (Lipinski definition) is 6. The maximum atomic E-state index is 5.82. The quantitative estimate of drug-likeness (QED) is 0.915. The number of rotatable bonds is 2. The fourth-order valence-electron chi connectivity index (χ4n) is 3.86. The van der Waals surface area contributed by atoms with E-state index in [0.29, 0.717) is 0 Å². The second-order valence-electron chi connectivity index (χ2n) is 6.39. The number of amidine groups is 1. The third kappa shape index (κ3) is 2.21. The van der Waals surface area contributed by atoms with E-state index in [0.717, 1.165) is 36.1 Å². The summed E-state index contributed by atoms with van der Waals surface area (Å²) in [6.07, 6.45) is 7.75. The molecule has 124 valence electrons. The van der Waals surface area contributed by atoms with Gasteiger partial charge in [-0.3, -0.25) is 0 Å². The Morgan fingerprint density at radius 2 is 2.04 bits per heavy atom. The first kappa shape index (κ1) is 14.9. The second-order valence-corrected chi connectivity index (χ2v) is 6.39. The molecule has 1 aromatic heterocycles. The molecule has 6 nitrogen and oxygen atoms in total. The highest BCUT2D eigenvalue weighted by molar-refractivity contribution is 5.75. The maximum absolute atomic E-state index is 5.82. The van der Waals surface area contributed by atoms with Crippen molar-refractivity contribution in [2.45, 2.75) is 37.8 Å². The number of aromatic nitrogens is 2. The van der Waals surface area contributed by atoms with Crippen LogP contribution in [0, 0.1) is 0 Å². The minimum absolute atomic E-state index is 0.0286. The van der Waals surface area contributed by atoms with Gasteiger partial charge in [-0.25, -0.2) is 15.0 Å². The standard InChI is InChI=1S/C18H20N4O2/c1-11-18(22-17(19)24-11)6-5-14-13(12-8-20-10-21-9-12)3-4-16(23-2)15(14)7-18/h3-4,8-11H,5-7H2,1-2H3,(H2,19,22). The molecule has 6 heteroatoms. The summed E-state index contributed by atoms with van der Waals surface area (Å²) < 4.78 is 11.2. The zero-order valence-electron chi connectivity index (χ0n) is 13.8. The van der Waals surface area contributed by atoms with Gasteiger partial charge < -0.3 is 15.2 Å². The van der Waals surface area contributed by atoms with Gasteiger partial charge >= 0.3 is 0 Å². The van der Waals surface area contributed by atoms with Crippen LogP contribution in [0.4, 0.5) is 0 Å². The van der Waals surface area contributed by atoms with Crippen LogP contribution in [0.25, 0.3) is 11.1 Å². The third-order valence-corrected chi connectivity index (χ3v) is 5.16. The molecule has 0 saturated carbocycles. The van der Waals surface area contributed by atoms with E-state index in [1.165, 1.54) is 11.1 Å². The molecule has 2 unspecified atom stereocenters. The topological polar surface area (TPSA) is 82.6 Å². The lowest BCUT2D eigenvalue weighted by molar-refractivity contribution is 0.140. The lowest BCUT2D eigenvalue weighted by Gasteiger charge is -2.35. The monoisotopic (exact) mass is 324 g/mol. The molecule has 4 rings (SSSR count). The molecule has 24 heavy (non-hydrogen) atoms. The van der Waals surface area contributed by atoms with Gasteiger partial charge in [0.25, 0.3) is 6.02 Å². The van der Waals surface area contributed by atoms with E-state index in [1.807, 2.05) is 25.4 Å². The average molecular weight is 324 g/mol. The van der Waals surface area contributed by atoms with Gasteiger partial charge in [-0.05, 0) is 37.0 Å². The van der Waals surface area contributed by atoms with Crippen molar-refractivity contribution in [1.29, 1.82) is 0 Å². The minimum atomic E-state index is -0.295. The summed E-state index contributed by atoms with van der Waals surface area (Å²) in [6, 6.07) is 4.38. The van der Waals surface area contributed by atoms with E-state index in [2.05, 4.69) is 21.0 Å². The molecule has 0 saturated heterocycles. The van der Waals surface area contributed by atoms with Gasteiger partial charge in [0.05, 0.1) is 7.11 Å². The van der Waals surface area contributed by atoms with Gasteiger partial charge in [0, 0.05) is 29.9 Å². The van der Waals surface area contributed by atoms with Crippen LogP contribution in [0.5, 0.6) is 5.75 Å². The average Bonchev–Trinajstić information content (AvgIpc) is 2.87.